The highest BCUT2D eigenvalue weighted by Gasteiger charge is 2.39. The zero-order valence-electron chi connectivity index (χ0n) is 19.7. The molecule has 36 heavy (non-hydrogen) atoms. The molecule has 174 valence electrons. The third-order valence-electron chi connectivity index (χ3n) is 6.22. The summed E-state index contributed by atoms with van der Waals surface area (Å²) in [5.41, 5.74) is 4.26. The number of pyridine rings is 2. The Bertz CT molecular complexity index is 1690. The van der Waals surface area contributed by atoms with E-state index in [2.05, 4.69) is 34.7 Å². The highest BCUT2D eigenvalue weighted by molar-refractivity contribution is 5.75. The number of nitrogens with zero attached hydrogens (tertiary/aromatic N) is 11. The molecule has 6 heterocycles. The van der Waals surface area contributed by atoms with Crippen molar-refractivity contribution in [2.45, 2.75) is 26.3 Å². The molecular formula is C25H19N11. The van der Waals surface area contributed by atoms with E-state index in [1.54, 1.807) is 21.8 Å². The van der Waals surface area contributed by atoms with E-state index in [-0.39, 0.29) is 0 Å². The lowest BCUT2D eigenvalue weighted by atomic mass is 9.93. The molecule has 0 spiro atoms. The smallest absolute Gasteiger partial charge is 0.297 e. The largest absolute Gasteiger partial charge is 0.312 e. The number of fused-ring (bicyclic) bond motifs is 2. The first kappa shape index (κ1) is 21.4. The number of hydrogen-bond acceptors (Lipinski definition) is 8. The molecule has 0 amide bonds. The zero-order valence-corrected chi connectivity index (χ0v) is 19.7. The molecule has 6 aromatic rings. The number of hydrogen-bond donors (Lipinski definition) is 0. The van der Waals surface area contributed by atoms with E-state index in [9.17, 15) is 0 Å². The summed E-state index contributed by atoms with van der Waals surface area (Å²) in [5, 5.41) is 0. The Labute approximate surface area is 205 Å². The van der Waals surface area contributed by atoms with Gasteiger partial charge in [-0.15, -0.1) is 0 Å². The van der Waals surface area contributed by atoms with Crippen molar-refractivity contribution in [2.24, 2.45) is 0 Å². The number of aryl methyl sites for hydroxylation is 2. The minimum absolute atomic E-state index is 0.556. The van der Waals surface area contributed by atoms with Crippen molar-refractivity contribution >= 4 is 22.3 Å². The zero-order chi connectivity index (χ0) is 24.9. The number of aromatic nitrogens is 10. The summed E-state index contributed by atoms with van der Waals surface area (Å²) in [6.07, 6.45) is 6.34. The fourth-order valence-corrected chi connectivity index (χ4v) is 4.14. The van der Waals surface area contributed by atoms with Gasteiger partial charge in [-0.2, -0.15) is 0 Å². The molecular weight excluding hydrogens is 454 g/mol. The van der Waals surface area contributed by atoms with E-state index in [1.165, 1.54) is 12.7 Å². The Hall–Kier alpha value is -5.11. The minimum Gasteiger partial charge on any atom is -0.297 e. The van der Waals surface area contributed by atoms with Gasteiger partial charge in [0.15, 0.2) is 11.3 Å². The summed E-state index contributed by atoms with van der Waals surface area (Å²) in [6.45, 7) is 13.7. The van der Waals surface area contributed by atoms with Gasteiger partial charge in [-0.25, -0.2) is 46.4 Å². The summed E-state index contributed by atoms with van der Waals surface area (Å²) in [5.74, 6) is 1.21. The summed E-state index contributed by atoms with van der Waals surface area (Å²) < 4.78 is 3.59. The molecule has 0 saturated heterocycles. The van der Waals surface area contributed by atoms with Gasteiger partial charge in [-0.05, 0) is 38.1 Å². The van der Waals surface area contributed by atoms with E-state index in [4.69, 9.17) is 16.5 Å². The molecule has 0 unspecified atom stereocenters. The van der Waals surface area contributed by atoms with Crippen LogP contribution < -0.4 is 0 Å². The van der Waals surface area contributed by atoms with E-state index in [0.717, 1.165) is 11.4 Å². The van der Waals surface area contributed by atoms with Crippen LogP contribution in [0.2, 0.25) is 0 Å². The molecule has 6 rings (SSSR count). The van der Waals surface area contributed by atoms with Crippen LogP contribution in [0.25, 0.3) is 38.8 Å². The maximum absolute atomic E-state index is 8.11. The third-order valence-corrected chi connectivity index (χ3v) is 6.22. The molecule has 0 aliphatic rings. The molecule has 0 radical (unpaired) electrons. The monoisotopic (exact) mass is 473 g/mol. The van der Waals surface area contributed by atoms with Crippen molar-refractivity contribution in [3.8, 4) is 11.6 Å². The molecule has 11 heteroatoms. The Morgan fingerprint density at radius 3 is 1.61 bits per heavy atom. The van der Waals surface area contributed by atoms with Crippen LogP contribution in [0.1, 0.15) is 29.7 Å². The van der Waals surface area contributed by atoms with E-state index in [1.807, 2.05) is 57.2 Å². The second-order valence-electron chi connectivity index (χ2n) is 8.44. The van der Waals surface area contributed by atoms with Gasteiger partial charge in [0.1, 0.15) is 59.4 Å². The van der Waals surface area contributed by atoms with Crippen LogP contribution >= 0.6 is 0 Å². The Morgan fingerprint density at radius 1 is 0.694 bits per heavy atom. The predicted molar refractivity (Wildman–Crippen MR) is 131 cm³/mol. The Kier molecular flexibility index (Phi) is 4.75. The van der Waals surface area contributed by atoms with Crippen molar-refractivity contribution in [3.63, 3.8) is 0 Å². The van der Waals surface area contributed by atoms with Gasteiger partial charge in [0.05, 0.1) is 11.4 Å². The minimum atomic E-state index is -1.14. The first-order chi connectivity index (χ1) is 17.5. The van der Waals surface area contributed by atoms with Gasteiger partial charge in [0.25, 0.3) is 0 Å². The van der Waals surface area contributed by atoms with Crippen LogP contribution in [0.4, 0.5) is 0 Å². The maximum Gasteiger partial charge on any atom is 0.312 e. The number of imidazole rings is 2. The number of rotatable bonds is 4. The van der Waals surface area contributed by atoms with Crippen LogP contribution in [0.15, 0.2) is 61.7 Å². The van der Waals surface area contributed by atoms with Crippen molar-refractivity contribution in [2.75, 3.05) is 0 Å². The molecule has 0 aliphatic carbocycles. The van der Waals surface area contributed by atoms with Crippen molar-refractivity contribution in [3.05, 3.63) is 95.9 Å². The topological polar surface area (TPSA) is 117 Å². The first-order valence-electron chi connectivity index (χ1n) is 11.1. The van der Waals surface area contributed by atoms with Gasteiger partial charge in [0.2, 0.25) is 0 Å². The molecule has 11 nitrogen and oxygen atoms in total. The van der Waals surface area contributed by atoms with Gasteiger partial charge >= 0.3 is 5.54 Å². The fraction of sp³-hybridized carbons (Fsp3) is 0.160. The Morgan fingerprint density at radius 2 is 1.17 bits per heavy atom. The highest BCUT2D eigenvalue weighted by Crippen LogP contribution is 2.32. The summed E-state index contributed by atoms with van der Waals surface area (Å²) >= 11 is 0. The van der Waals surface area contributed by atoms with Gasteiger partial charge in [-0.3, -0.25) is 14.0 Å². The molecule has 0 atom stereocenters. The molecule has 0 fully saturated rings. The molecule has 0 bridgehead atoms. The standard InChI is InChI=1S/C25H19N11/c1-15-21-23(29-11-27-15)35(13-31-21)19-9-5-7-17(33-19)25(3,26-4)18-8-6-10-20(34-18)36-14-32-22-16(2)28-12-30-24(22)36/h5-14H,1-3H3. The van der Waals surface area contributed by atoms with E-state index >= 15 is 0 Å². The van der Waals surface area contributed by atoms with Crippen LogP contribution in [0.5, 0.6) is 0 Å². The second kappa shape index (κ2) is 7.99. The average molecular weight is 474 g/mol. The quantitative estimate of drug-likeness (QED) is 0.357. The fourth-order valence-electron chi connectivity index (χ4n) is 4.14. The summed E-state index contributed by atoms with van der Waals surface area (Å²) in [7, 11) is 0. The molecule has 0 saturated carbocycles. The average Bonchev–Trinajstić information content (AvgIpc) is 3.55. The van der Waals surface area contributed by atoms with Crippen LogP contribution in [-0.2, 0) is 5.54 Å². The second-order valence-corrected chi connectivity index (χ2v) is 8.44. The third kappa shape index (κ3) is 3.19. The Balaban J connectivity index is 1.46. The summed E-state index contributed by atoms with van der Waals surface area (Å²) in [4.78, 5) is 39.7. The first-order valence-corrected chi connectivity index (χ1v) is 11.1. The van der Waals surface area contributed by atoms with E-state index in [0.29, 0.717) is 45.4 Å². The van der Waals surface area contributed by atoms with Crippen molar-refractivity contribution < 1.29 is 0 Å². The predicted octanol–water partition coefficient (Wildman–Crippen LogP) is 3.53. The van der Waals surface area contributed by atoms with Gasteiger partial charge in [0, 0.05) is 6.92 Å². The highest BCUT2D eigenvalue weighted by atomic mass is 15.2. The normalized spacial score (nSPS) is 11.7. The van der Waals surface area contributed by atoms with E-state index < -0.39 is 5.54 Å². The van der Waals surface area contributed by atoms with Crippen molar-refractivity contribution in [1.82, 2.24) is 49.0 Å². The molecule has 0 aliphatic heterocycles. The SMILES string of the molecule is [C-]#[N+]C(C)(c1cccc(-n2cnc3c(C)ncnc32)n1)c1cccc(-n2cnc3c(C)ncnc32)n1. The van der Waals surface area contributed by atoms with Gasteiger partial charge < -0.3 is 0 Å². The molecule has 0 N–H and O–H groups in total. The van der Waals surface area contributed by atoms with Gasteiger partial charge in [-0.1, -0.05) is 12.1 Å². The van der Waals surface area contributed by atoms with Crippen molar-refractivity contribution in [1.29, 1.82) is 0 Å². The lowest BCUT2D eigenvalue weighted by Gasteiger charge is -2.18. The lowest BCUT2D eigenvalue weighted by molar-refractivity contribution is 0.656. The summed E-state index contributed by atoms with van der Waals surface area (Å²) in [6, 6.07) is 11.1. The molecule has 0 aromatic carbocycles. The van der Waals surface area contributed by atoms with Crippen LogP contribution in [0, 0.1) is 20.4 Å². The lowest BCUT2D eigenvalue weighted by Crippen LogP contribution is -2.23. The van der Waals surface area contributed by atoms with Crippen LogP contribution in [0.3, 0.4) is 0 Å². The maximum atomic E-state index is 8.11. The van der Waals surface area contributed by atoms with Crippen LogP contribution in [-0.4, -0.2) is 49.0 Å². The molecule has 6 aromatic heterocycles.